The summed E-state index contributed by atoms with van der Waals surface area (Å²) in [4.78, 5) is 12.9. The van der Waals surface area contributed by atoms with Gasteiger partial charge in [-0.25, -0.2) is 13.2 Å². The van der Waals surface area contributed by atoms with E-state index >= 15 is 0 Å². The van der Waals surface area contributed by atoms with E-state index in [2.05, 4.69) is 15.5 Å². The Morgan fingerprint density at radius 3 is 2.43 bits per heavy atom. The first-order valence-corrected chi connectivity index (χ1v) is 9.25. The Morgan fingerprint density at radius 1 is 1.00 bits per heavy atom. The predicted molar refractivity (Wildman–Crippen MR) is 105 cm³/mol. The SMILES string of the molecule is O=C(NC(c1cccc(F)c1)c1cccc(Cl)c1)c1ccc2nnc(C(F)F)n2c1. The third-order valence-corrected chi connectivity index (χ3v) is 4.76. The molecule has 0 saturated carbocycles. The summed E-state index contributed by atoms with van der Waals surface area (Å²) in [6.07, 6.45) is -1.60. The summed E-state index contributed by atoms with van der Waals surface area (Å²) in [5, 5.41) is 10.4. The Hall–Kier alpha value is -3.39. The highest BCUT2D eigenvalue weighted by Gasteiger charge is 2.21. The van der Waals surface area contributed by atoms with Gasteiger partial charge in [0.1, 0.15) is 5.82 Å². The lowest BCUT2D eigenvalue weighted by molar-refractivity contribution is 0.0941. The van der Waals surface area contributed by atoms with Gasteiger partial charge >= 0.3 is 0 Å². The van der Waals surface area contributed by atoms with E-state index in [1.807, 2.05) is 0 Å². The number of alkyl halides is 2. The summed E-state index contributed by atoms with van der Waals surface area (Å²) >= 11 is 6.09. The molecule has 5 nitrogen and oxygen atoms in total. The zero-order valence-corrected chi connectivity index (χ0v) is 16.0. The van der Waals surface area contributed by atoms with Crippen molar-refractivity contribution in [3.8, 4) is 0 Å². The quantitative estimate of drug-likeness (QED) is 0.486. The summed E-state index contributed by atoms with van der Waals surface area (Å²) < 4.78 is 41.1. The lowest BCUT2D eigenvalue weighted by atomic mass is 9.98. The lowest BCUT2D eigenvalue weighted by Gasteiger charge is -2.20. The van der Waals surface area contributed by atoms with Crippen molar-refractivity contribution >= 4 is 23.2 Å². The van der Waals surface area contributed by atoms with Crippen LogP contribution < -0.4 is 5.32 Å². The topological polar surface area (TPSA) is 59.3 Å². The normalized spacial score (nSPS) is 12.3. The van der Waals surface area contributed by atoms with Crippen molar-refractivity contribution in [2.24, 2.45) is 0 Å². The van der Waals surface area contributed by atoms with E-state index in [0.717, 1.165) is 4.40 Å². The third kappa shape index (κ3) is 3.99. The van der Waals surface area contributed by atoms with Gasteiger partial charge in [0, 0.05) is 11.2 Å². The van der Waals surface area contributed by atoms with Gasteiger partial charge < -0.3 is 5.32 Å². The van der Waals surface area contributed by atoms with Crippen LogP contribution in [-0.4, -0.2) is 20.5 Å². The number of nitrogens with one attached hydrogen (secondary N) is 1. The standard InChI is InChI=1S/C21H14ClF3N4O/c22-15-5-1-3-12(9-15)18(13-4-2-6-16(23)10-13)26-21(30)14-7-8-17-27-28-20(19(24)25)29(17)11-14/h1-11,18-19H,(H,26,30). The number of pyridine rings is 1. The van der Waals surface area contributed by atoms with Crippen molar-refractivity contribution in [2.75, 3.05) is 0 Å². The molecular formula is C21H14ClF3N4O. The molecule has 9 heteroatoms. The molecule has 1 N–H and O–H groups in total. The van der Waals surface area contributed by atoms with Crippen LogP contribution in [0.2, 0.25) is 5.02 Å². The summed E-state index contributed by atoms with van der Waals surface area (Å²) in [6, 6.07) is 14.8. The number of rotatable bonds is 5. The van der Waals surface area contributed by atoms with Gasteiger partial charge in [0.25, 0.3) is 12.3 Å². The number of carbonyl (C=O) groups is 1. The Labute approximate surface area is 174 Å². The van der Waals surface area contributed by atoms with Gasteiger partial charge in [-0.3, -0.25) is 9.20 Å². The second kappa shape index (κ2) is 8.16. The Balaban J connectivity index is 1.71. The molecule has 4 aromatic rings. The van der Waals surface area contributed by atoms with E-state index in [4.69, 9.17) is 11.6 Å². The number of fused-ring (bicyclic) bond motifs is 1. The fraction of sp³-hybridized carbons (Fsp3) is 0.0952. The highest BCUT2D eigenvalue weighted by Crippen LogP contribution is 2.26. The van der Waals surface area contributed by atoms with Gasteiger partial charge in [-0.2, -0.15) is 0 Å². The van der Waals surface area contributed by atoms with Gasteiger partial charge in [0.05, 0.1) is 11.6 Å². The van der Waals surface area contributed by atoms with Gasteiger partial charge in [-0.05, 0) is 47.5 Å². The lowest BCUT2D eigenvalue weighted by Crippen LogP contribution is -2.29. The molecule has 4 rings (SSSR count). The van der Waals surface area contributed by atoms with Crippen molar-refractivity contribution in [3.05, 3.63) is 100 Å². The summed E-state index contributed by atoms with van der Waals surface area (Å²) in [5.74, 6) is -1.56. The number of nitrogens with zero attached hydrogens (tertiary/aromatic N) is 3. The van der Waals surface area contributed by atoms with Crippen molar-refractivity contribution < 1.29 is 18.0 Å². The number of benzene rings is 2. The minimum Gasteiger partial charge on any atom is -0.341 e. The molecule has 30 heavy (non-hydrogen) atoms. The smallest absolute Gasteiger partial charge is 0.297 e. The van der Waals surface area contributed by atoms with Crippen molar-refractivity contribution in [3.63, 3.8) is 0 Å². The number of halogens is 4. The summed E-state index contributed by atoms with van der Waals surface area (Å²) in [7, 11) is 0. The molecule has 1 unspecified atom stereocenters. The van der Waals surface area contributed by atoms with Gasteiger partial charge in [-0.1, -0.05) is 35.9 Å². The summed E-state index contributed by atoms with van der Waals surface area (Å²) in [6.45, 7) is 0. The first kappa shape index (κ1) is 19.9. The maximum Gasteiger partial charge on any atom is 0.297 e. The maximum absolute atomic E-state index is 13.8. The van der Waals surface area contributed by atoms with Crippen LogP contribution in [0.25, 0.3) is 5.65 Å². The molecule has 0 radical (unpaired) electrons. The van der Waals surface area contributed by atoms with E-state index in [1.165, 1.54) is 36.5 Å². The fourth-order valence-corrected chi connectivity index (χ4v) is 3.34. The number of carbonyl (C=O) groups excluding carboxylic acids is 1. The van der Waals surface area contributed by atoms with Crippen molar-refractivity contribution in [2.45, 2.75) is 12.5 Å². The van der Waals surface area contributed by atoms with E-state index in [9.17, 15) is 18.0 Å². The Kier molecular flexibility index (Phi) is 5.41. The highest BCUT2D eigenvalue weighted by atomic mass is 35.5. The molecule has 1 amide bonds. The number of amides is 1. The third-order valence-electron chi connectivity index (χ3n) is 4.53. The van der Waals surface area contributed by atoms with Gasteiger partial charge in [-0.15, -0.1) is 10.2 Å². The maximum atomic E-state index is 13.8. The van der Waals surface area contributed by atoms with E-state index in [1.54, 1.807) is 30.3 Å². The van der Waals surface area contributed by atoms with Crippen LogP contribution in [0.1, 0.15) is 39.8 Å². The van der Waals surface area contributed by atoms with Crippen LogP contribution in [0.5, 0.6) is 0 Å². The van der Waals surface area contributed by atoms with E-state index in [0.29, 0.717) is 16.1 Å². The van der Waals surface area contributed by atoms with E-state index in [-0.39, 0.29) is 11.2 Å². The monoisotopic (exact) mass is 430 g/mol. The molecule has 2 aromatic carbocycles. The minimum atomic E-state index is -2.84. The second-order valence-electron chi connectivity index (χ2n) is 6.52. The molecule has 0 spiro atoms. The van der Waals surface area contributed by atoms with Crippen LogP contribution in [-0.2, 0) is 0 Å². The minimum absolute atomic E-state index is 0.118. The average Bonchev–Trinajstić information content (AvgIpc) is 3.15. The molecule has 0 aliphatic rings. The van der Waals surface area contributed by atoms with E-state index < -0.39 is 30.0 Å². The molecule has 1 atom stereocenters. The first-order valence-electron chi connectivity index (χ1n) is 8.87. The molecule has 152 valence electrons. The van der Waals surface area contributed by atoms with Crippen LogP contribution in [0.3, 0.4) is 0 Å². The fourth-order valence-electron chi connectivity index (χ4n) is 3.14. The number of hydrogen-bond donors (Lipinski definition) is 1. The Morgan fingerprint density at radius 2 is 1.73 bits per heavy atom. The van der Waals surface area contributed by atoms with Crippen LogP contribution in [0.15, 0.2) is 66.9 Å². The molecule has 2 heterocycles. The molecular weight excluding hydrogens is 417 g/mol. The Bertz CT molecular complexity index is 1180. The average molecular weight is 431 g/mol. The van der Waals surface area contributed by atoms with Crippen LogP contribution >= 0.6 is 11.6 Å². The second-order valence-corrected chi connectivity index (χ2v) is 6.96. The molecule has 0 bridgehead atoms. The van der Waals surface area contributed by atoms with Crippen LogP contribution in [0.4, 0.5) is 13.2 Å². The molecule has 0 fully saturated rings. The number of aromatic nitrogens is 3. The summed E-state index contributed by atoms with van der Waals surface area (Å²) in [5.41, 5.74) is 1.45. The van der Waals surface area contributed by atoms with Crippen molar-refractivity contribution in [1.82, 2.24) is 19.9 Å². The molecule has 0 aliphatic carbocycles. The predicted octanol–water partition coefficient (Wildman–Crippen LogP) is 4.98. The van der Waals surface area contributed by atoms with Crippen LogP contribution in [0, 0.1) is 5.82 Å². The zero-order chi connectivity index (χ0) is 21.3. The molecule has 2 aromatic heterocycles. The first-order chi connectivity index (χ1) is 14.4. The molecule has 0 saturated heterocycles. The van der Waals surface area contributed by atoms with Gasteiger partial charge in [0.2, 0.25) is 5.82 Å². The largest absolute Gasteiger partial charge is 0.341 e. The van der Waals surface area contributed by atoms with Gasteiger partial charge in [0.15, 0.2) is 5.65 Å². The zero-order valence-electron chi connectivity index (χ0n) is 15.3. The molecule has 0 aliphatic heterocycles. The van der Waals surface area contributed by atoms with Crippen molar-refractivity contribution in [1.29, 1.82) is 0 Å². The number of hydrogen-bond acceptors (Lipinski definition) is 3. The highest BCUT2D eigenvalue weighted by molar-refractivity contribution is 6.30.